The van der Waals surface area contributed by atoms with Gasteiger partial charge in [-0.3, -0.25) is 4.68 Å². The zero-order valence-electron chi connectivity index (χ0n) is 11.8. The maximum absolute atomic E-state index is 5.82. The molecule has 2 N–H and O–H groups in total. The fraction of sp³-hybridized carbons (Fsp3) is 0.400. The molecule has 1 atom stereocenters. The molecule has 0 aliphatic heterocycles. The van der Waals surface area contributed by atoms with Crippen LogP contribution in [-0.2, 0) is 13.2 Å². The summed E-state index contributed by atoms with van der Waals surface area (Å²) in [6.45, 7) is 7.43. The first-order valence-corrected chi connectivity index (χ1v) is 6.61. The summed E-state index contributed by atoms with van der Waals surface area (Å²) in [5.41, 5.74) is 9.04. The van der Waals surface area contributed by atoms with Crippen molar-refractivity contribution >= 4 is 0 Å². The molecule has 0 saturated heterocycles. The summed E-state index contributed by atoms with van der Waals surface area (Å²) in [6, 6.07) is 10.0. The Hall–Kier alpha value is -1.81. The molecular formula is C15H21N3O. The standard InChI is InChI=1S/C15H21N3O/c1-4-18-14(9-11(2)17-18)10-19-15-7-5-13(6-8-15)12(3)16/h5-9,12H,4,10,16H2,1-3H3/t12-/m1/s1. The molecule has 0 fully saturated rings. The highest BCUT2D eigenvalue weighted by Gasteiger charge is 2.05. The lowest BCUT2D eigenvalue weighted by Gasteiger charge is -2.09. The van der Waals surface area contributed by atoms with Crippen LogP contribution in [0.2, 0.25) is 0 Å². The SMILES string of the molecule is CCn1nc(C)cc1COc1ccc([C@@H](C)N)cc1. The van der Waals surface area contributed by atoms with Crippen molar-refractivity contribution in [2.75, 3.05) is 0 Å². The summed E-state index contributed by atoms with van der Waals surface area (Å²) >= 11 is 0. The van der Waals surface area contributed by atoms with E-state index in [1.807, 2.05) is 42.8 Å². The van der Waals surface area contributed by atoms with Crippen LogP contribution in [0.4, 0.5) is 0 Å². The lowest BCUT2D eigenvalue weighted by molar-refractivity contribution is 0.292. The first kappa shape index (κ1) is 13.6. The van der Waals surface area contributed by atoms with E-state index in [2.05, 4.69) is 18.1 Å². The highest BCUT2D eigenvalue weighted by molar-refractivity contribution is 5.29. The lowest BCUT2D eigenvalue weighted by Crippen LogP contribution is -2.07. The average Bonchev–Trinajstić information content (AvgIpc) is 2.77. The molecule has 4 nitrogen and oxygen atoms in total. The number of nitrogens with two attached hydrogens (primary N) is 1. The molecule has 0 unspecified atom stereocenters. The molecule has 0 aliphatic carbocycles. The van der Waals surface area contributed by atoms with E-state index in [0.29, 0.717) is 6.61 Å². The Morgan fingerprint density at radius 1 is 1.32 bits per heavy atom. The van der Waals surface area contributed by atoms with Crippen molar-refractivity contribution in [2.24, 2.45) is 5.73 Å². The Kier molecular flexibility index (Phi) is 4.22. The number of hydrogen-bond donors (Lipinski definition) is 1. The number of ether oxygens (including phenoxy) is 1. The fourth-order valence-corrected chi connectivity index (χ4v) is 2.01. The van der Waals surface area contributed by atoms with Gasteiger partial charge in [-0.05, 0) is 44.5 Å². The minimum absolute atomic E-state index is 0.0539. The van der Waals surface area contributed by atoms with Gasteiger partial charge < -0.3 is 10.5 Å². The van der Waals surface area contributed by atoms with Gasteiger partial charge in [-0.2, -0.15) is 5.10 Å². The monoisotopic (exact) mass is 259 g/mol. The van der Waals surface area contributed by atoms with Gasteiger partial charge in [0.05, 0.1) is 11.4 Å². The van der Waals surface area contributed by atoms with Gasteiger partial charge in [-0.15, -0.1) is 0 Å². The summed E-state index contributed by atoms with van der Waals surface area (Å²) in [5, 5.41) is 4.40. The average molecular weight is 259 g/mol. The third kappa shape index (κ3) is 3.35. The van der Waals surface area contributed by atoms with Crippen molar-refractivity contribution in [1.29, 1.82) is 0 Å². The Balaban J connectivity index is 2.01. The second kappa shape index (κ2) is 5.89. The molecule has 19 heavy (non-hydrogen) atoms. The van der Waals surface area contributed by atoms with Crippen LogP contribution in [0.3, 0.4) is 0 Å². The summed E-state index contributed by atoms with van der Waals surface area (Å²) in [4.78, 5) is 0. The maximum Gasteiger partial charge on any atom is 0.130 e. The Morgan fingerprint density at radius 3 is 2.58 bits per heavy atom. The number of rotatable bonds is 5. The van der Waals surface area contributed by atoms with Crippen LogP contribution >= 0.6 is 0 Å². The number of aromatic nitrogens is 2. The second-order valence-electron chi connectivity index (χ2n) is 4.74. The predicted octanol–water partition coefficient (Wildman–Crippen LogP) is 2.81. The van der Waals surface area contributed by atoms with Crippen LogP contribution in [0.1, 0.15) is 36.8 Å². The van der Waals surface area contributed by atoms with Crippen molar-refractivity contribution < 1.29 is 4.74 Å². The van der Waals surface area contributed by atoms with Crippen LogP contribution in [0.25, 0.3) is 0 Å². The minimum atomic E-state index is 0.0539. The highest BCUT2D eigenvalue weighted by Crippen LogP contribution is 2.17. The van der Waals surface area contributed by atoms with Gasteiger partial charge in [0.15, 0.2) is 0 Å². The molecule has 4 heteroatoms. The van der Waals surface area contributed by atoms with E-state index in [1.54, 1.807) is 0 Å². The molecule has 0 aliphatic rings. The molecule has 1 aromatic heterocycles. The van der Waals surface area contributed by atoms with Crippen LogP contribution in [0, 0.1) is 6.92 Å². The van der Waals surface area contributed by atoms with Gasteiger partial charge in [0, 0.05) is 12.6 Å². The topological polar surface area (TPSA) is 53.1 Å². The van der Waals surface area contributed by atoms with E-state index in [9.17, 15) is 0 Å². The molecule has 0 radical (unpaired) electrons. The maximum atomic E-state index is 5.82. The molecule has 2 aromatic rings. The molecule has 0 bridgehead atoms. The molecule has 1 aromatic carbocycles. The summed E-state index contributed by atoms with van der Waals surface area (Å²) in [6.07, 6.45) is 0. The van der Waals surface area contributed by atoms with Gasteiger partial charge in [-0.25, -0.2) is 0 Å². The predicted molar refractivity (Wildman–Crippen MR) is 76.0 cm³/mol. The van der Waals surface area contributed by atoms with E-state index in [0.717, 1.165) is 29.2 Å². The van der Waals surface area contributed by atoms with Gasteiger partial charge in [0.2, 0.25) is 0 Å². The van der Waals surface area contributed by atoms with E-state index in [1.165, 1.54) is 0 Å². The van der Waals surface area contributed by atoms with Crippen molar-refractivity contribution in [3.8, 4) is 5.75 Å². The van der Waals surface area contributed by atoms with Crippen LogP contribution in [-0.4, -0.2) is 9.78 Å². The molecule has 1 heterocycles. The normalized spacial score (nSPS) is 12.4. The first-order chi connectivity index (χ1) is 9.10. The van der Waals surface area contributed by atoms with Crippen molar-refractivity contribution in [2.45, 2.75) is 40.0 Å². The second-order valence-corrected chi connectivity index (χ2v) is 4.74. The van der Waals surface area contributed by atoms with Crippen LogP contribution in [0.15, 0.2) is 30.3 Å². The van der Waals surface area contributed by atoms with Gasteiger partial charge >= 0.3 is 0 Å². The van der Waals surface area contributed by atoms with Crippen molar-refractivity contribution in [3.05, 3.63) is 47.3 Å². The molecule has 2 rings (SSSR count). The smallest absolute Gasteiger partial charge is 0.130 e. The van der Waals surface area contributed by atoms with Crippen LogP contribution in [0.5, 0.6) is 5.75 Å². The summed E-state index contributed by atoms with van der Waals surface area (Å²) < 4.78 is 7.74. The zero-order valence-corrected chi connectivity index (χ0v) is 11.8. The molecular weight excluding hydrogens is 238 g/mol. The van der Waals surface area contributed by atoms with Gasteiger partial charge in [0.25, 0.3) is 0 Å². The molecule has 102 valence electrons. The van der Waals surface area contributed by atoms with E-state index in [4.69, 9.17) is 10.5 Å². The number of benzene rings is 1. The Labute approximate surface area is 114 Å². The Morgan fingerprint density at radius 2 is 2.00 bits per heavy atom. The number of hydrogen-bond acceptors (Lipinski definition) is 3. The van der Waals surface area contributed by atoms with Gasteiger partial charge in [-0.1, -0.05) is 12.1 Å². The largest absolute Gasteiger partial charge is 0.487 e. The van der Waals surface area contributed by atoms with Crippen molar-refractivity contribution in [3.63, 3.8) is 0 Å². The Bertz CT molecular complexity index is 529. The van der Waals surface area contributed by atoms with E-state index < -0.39 is 0 Å². The minimum Gasteiger partial charge on any atom is -0.487 e. The summed E-state index contributed by atoms with van der Waals surface area (Å²) in [7, 11) is 0. The van der Waals surface area contributed by atoms with Gasteiger partial charge in [0.1, 0.15) is 12.4 Å². The number of aryl methyl sites for hydroxylation is 2. The van der Waals surface area contributed by atoms with Crippen LogP contribution < -0.4 is 10.5 Å². The lowest BCUT2D eigenvalue weighted by atomic mass is 10.1. The third-order valence-corrected chi connectivity index (χ3v) is 3.08. The molecule has 0 spiro atoms. The number of nitrogens with zero attached hydrogens (tertiary/aromatic N) is 2. The highest BCUT2D eigenvalue weighted by atomic mass is 16.5. The quantitative estimate of drug-likeness (QED) is 0.898. The van der Waals surface area contributed by atoms with Crippen molar-refractivity contribution in [1.82, 2.24) is 9.78 Å². The summed E-state index contributed by atoms with van der Waals surface area (Å²) in [5.74, 6) is 0.853. The fourth-order valence-electron chi connectivity index (χ4n) is 2.01. The third-order valence-electron chi connectivity index (χ3n) is 3.08. The first-order valence-electron chi connectivity index (χ1n) is 6.61. The molecule has 0 amide bonds. The molecule has 0 saturated carbocycles. The van der Waals surface area contributed by atoms with E-state index >= 15 is 0 Å². The zero-order chi connectivity index (χ0) is 13.8. The van der Waals surface area contributed by atoms with E-state index in [-0.39, 0.29) is 6.04 Å².